The van der Waals surface area contributed by atoms with Crippen LogP contribution in [0.1, 0.15) is 45.0 Å². The van der Waals surface area contributed by atoms with Crippen molar-refractivity contribution in [2.45, 2.75) is 51.9 Å². The summed E-state index contributed by atoms with van der Waals surface area (Å²) in [5.41, 5.74) is 3.66. The van der Waals surface area contributed by atoms with Crippen LogP contribution in [0, 0.1) is 6.57 Å². The van der Waals surface area contributed by atoms with Crippen LogP contribution in [0.3, 0.4) is 0 Å². The molecule has 1 amide bonds. The predicted molar refractivity (Wildman–Crippen MR) is 139 cm³/mol. The number of carbonyl (C=O) groups excluding carboxylic acids is 1. The van der Waals surface area contributed by atoms with Gasteiger partial charge < -0.3 is 14.8 Å². The number of benzene rings is 2. The molecule has 2 atom stereocenters. The van der Waals surface area contributed by atoms with Crippen LogP contribution in [0.4, 0.5) is 11.4 Å². The summed E-state index contributed by atoms with van der Waals surface area (Å²) in [5, 5.41) is 3.18. The monoisotopic (exact) mass is 470 g/mol. The lowest BCUT2D eigenvalue weighted by molar-refractivity contribution is -0.124. The van der Waals surface area contributed by atoms with E-state index >= 15 is 0 Å². The molecule has 2 heterocycles. The molecule has 0 bridgehead atoms. The van der Waals surface area contributed by atoms with Crippen molar-refractivity contribution in [1.82, 2.24) is 19.8 Å². The maximum atomic E-state index is 13.3. The van der Waals surface area contributed by atoms with E-state index in [1.54, 1.807) is 0 Å². The number of hydrogen-bond donors (Lipinski definition) is 1. The summed E-state index contributed by atoms with van der Waals surface area (Å²) in [4.78, 5) is 25.8. The fourth-order valence-corrected chi connectivity index (χ4v) is 4.61. The predicted octanol–water partition coefficient (Wildman–Crippen LogP) is 4.65. The van der Waals surface area contributed by atoms with Gasteiger partial charge in [0.2, 0.25) is 5.91 Å². The van der Waals surface area contributed by atoms with E-state index in [1.807, 2.05) is 75.8 Å². The molecule has 0 spiro atoms. The molecule has 4 rings (SSSR count). The maximum Gasteiger partial charge on any atom is 0.244 e. The zero-order valence-electron chi connectivity index (χ0n) is 21.0. The molecule has 182 valence electrons. The minimum Gasteiger partial charge on any atom is -0.357 e. The van der Waals surface area contributed by atoms with Crippen LogP contribution in [0.5, 0.6) is 0 Å². The number of anilines is 1. The zero-order chi connectivity index (χ0) is 25.0. The summed E-state index contributed by atoms with van der Waals surface area (Å²) in [6.45, 7) is 18.3. The molecular weight excluding hydrogens is 436 g/mol. The molecule has 2 aromatic carbocycles. The van der Waals surface area contributed by atoms with Crippen molar-refractivity contribution >= 4 is 17.3 Å². The normalized spacial score (nSPS) is 17.6. The maximum absolute atomic E-state index is 13.3. The first kappa shape index (κ1) is 24.5. The molecular formula is C28H34N6O. The molecule has 1 N–H and O–H groups in total. The Bertz CT molecular complexity index is 1170. The van der Waals surface area contributed by atoms with Crippen LogP contribution in [0.2, 0.25) is 0 Å². The number of nitrogens with one attached hydrogen (secondary N) is 1. The van der Waals surface area contributed by atoms with Crippen molar-refractivity contribution in [1.29, 1.82) is 0 Å². The van der Waals surface area contributed by atoms with Crippen LogP contribution < -0.4 is 10.2 Å². The van der Waals surface area contributed by atoms with Crippen molar-refractivity contribution in [2.24, 2.45) is 0 Å². The second kappa shape index (κ2) is 10.3. The lowest BCUT2D eigenvalue weighted by Gasteiger charge is -2.42. The molecule has 1 aliphatic rings. The van der Waals surface area contributed by atoms with Crippen molar-refractivity contribution in [3.63, 3.8) is 0 Å². The van der Waals surface area contributed by atoms with Gasteiger partial charge in [0.15, 0.2) is 5.69 Å². The van der Waals surface area contributed by atoms with E-state index in [9.17, 15) is 4.79 Å². The molecule has 0 saturated carbocycles. The highest BCUT2D eigenvalue weighted by Gasteiger charge is 2.34. The number of carbonyl (C=O) groups is 1. The van der Waals surface area contributed by atoms with Gasteiger partial charge in [-0.25, -0.2) is 9.83 Å². The van der Waals surface area contributed by atoms with E-state index in [-0.39, 0.29) is 23.5 Å². The number of piperazine rings is 1. The van der Waals surface area contributed by atoms with Gasteiger partial charge in [0.1, 0.15) is 6.04 Å². The number of para-hydroxylation sites is 1. The van der Waals surface area contributed by atoms with Crippen LogP contribution in [0.15, 0.2) is 67.1 Å². The van der Waals surface area contributed by atoms with Gasteiger partial charge in [-0.3, -0.25) is 9.69 Å². The summed E-state index contributed by atoms with van der Waals surface area (Å²) in [5.74, 6) is 0.0489. The molecule has 35 heavy (non-hydrogen) atoms. The van der Waals surface area contributed by atoms with Gasteiger partial charge in [0.25, 0.3) is 0 Å². The molecule has 3 aromatic rings. The van der Waals surface area contributed by atoms with Gasteiger partial charge in [0, 0.05) is 43.6 Å². The summed E-state index contributed by atoms with van der Waals surface area (Å²) in [7, 11) is 0. The fraction of sp³-hybridized carbons (Fsp3) is 0.393. The third-order valence-electron chi connectivity index (χ3n) is 6.41. The standard InChI is InChI=1S/C28H34N6O/c1-21(22-11-13-23(29-5)14-12-22)34-20-30-17-25(34)18-32-15-16-33(24-9-7-6-8-10-24)26(19-32)27(35)31-28(2,3)4/h6-14,17,20-21,26H,15-16,18-19H2,1-4H3,(H,31,35)/t21-,26?/m1/s1. The van der Waals surface area contributed by atoms with E-state index in [0.717, 1.165) is 30.0 Å². The first-order chi connectivity index (χ1) is 16.7. The molecule has 1 aliphatic heterocycles. The number of aromatic nitrogens is 2. The summed E-state index contributed by atoms with van der Waals surface area (Å²) in [6.07, 6.45) is 3.78. The first-order valence-corrected chi connectivity index (χ1v) is 12.1. The molecule has 1 saturated heterocycles. The molecule has 1 unspecified atom stereocenters. The van der Waals surface area contributed by atoms with Gasteiger partial charge in [0.05, 0.1) is 24.6 Å². The Morgan fingerprint density at radius 3 is 2.51 bits per heavy atom. The number of rotatable bonds is 6. The van der Waals surface area contributed by atoms with E-state index in [1.165, 1.54) is 0 Å². The minimum atomic E-state index is -0.293. The Hall–Kier alpha value is -3.63. The van der Waals surface area contributed by atoms with Crippen LogP contribution >= 0.6 is 0 Å². The third-order valence-corrected chi connectivity index (χ3v) is 6.41. The Labute approximate surface area is 208 Å². The van der Waals surface area contributed by atoms with Crippen molar-refractivity contribution in [3.05, 3.63) is 89.8 Å². The average molecular weight is 471 g/mol. The van der Waals surface area contributed by atoms with Crippen LogP contribution in [-0.4, -0.2) is 51.6 Å². The van der Waals surface area contributed by atoms with E-state index in [0.29, 0.717) is 18.8 Å². The fourth-order valence-electron chi connectivity index (χ4n) is 4.61. The summed E-state index contributed by atoms with van der Waals surface area (Å²) >= 11 is 0. The molecule has 1 fully saturated rings. The molecule has 0 aliphatic carbocycles. The number of hydrogen-bond acceptors (Lipinski definition) is 4. The molecule has 7 heteroatoms. The third kappa shape index (κ3) is 5.90. The van der Waals surface area contributed by atoms with Gasteiger partial charge in [-0.15, -0.1) is 0 Å². The Morgan fingerprint density at radius 2 is 1.86 bits per heavy atom. The lowest BCUT2D eigenvalue weighted by atomic mass is 10.0. The molecule has 1 aromatic heterocycles. The van der Waals surface area contributed by atoms with Crippen LogP contribution in [0.25, 0.3) is 4.85 Å². The van der Waals surface area contributed by atoms with Gasteiger partial charge in [-0.1, -0.05) is 42.5 Å². The lowest BCUT2D eigenvalue weighted by Crippen LogP contribution is -2.61. The largest absolute Gasteiger partial charge is 0.357 e. The number of imidazole rings is 1. The number of nitrogens with zero attached hydrogens (tertiary/aromatic N) is 5. The topological polar surface area (TPSA) is 57.8 Å². The van der Waals surface area contributed by atoms with Crippen LogP contribution in [-0.2, 0) is 11.3 Å². The van der Waals surface area contributed by atoms with E-state index < -0.39 is 0 Å². The SMILES string of the molecule is [C-]#[N+]c1ccc([C@@H](C)n2cncc2CN2CCN(c3ccccc3)C(C(=O)NC(C)(C)C)C2)cc1. The summed E-state index contributed by atoms with van der Waals surface area (Å²) in [6, 6.07) is 17.7. The van der Waals surface area contributed by atoms with Gasteiger partial charge >= 0.3 is 0 Å². The molecule has 7 nitrogen and oxygen atoms in total. The zero-order valence-corrected chi connectivity index (χ0v) is 21.0. The second-order valence-electron chi connectivity index (χ2n) is 10.2. The highest BCUT2D eigenvalue weighted by molar-refractivity contribution is 5.86. The Morgan fingerprint density at radius 1 is 1.14 bits per heavy atom. The van der Waals surface area contributed by atoms with E-state index in [2.05, 4.69) is 48.6 Å². The van der Waals surface area contributed by atoms with Crippen molar-refractivity contribution < 1.29 is 4.79 Å². The Kier molecular flexibility index (Phi) is 7.23. The first-order valence-electron chi connectivity index (χ1n) is 12.1. The highest BCUT2D eigenvalue weighted by Crippen LogP contribution is 2.25. The summed E-state index contributed by atoms with van der Waals surface area (Å²) < 4.78 is 2.18. The average Bonchev–Trinajstić information content (AvgIpc) is 3.31. The second-order valence-corrected chi connectivity index (χ2v) is 10.2. The number of amides is 1. The van der Waals surface area contributed by atoms with E-state index in [4.69, 9.17) is 6.57 Å². The van der Waals surface area contributed by atoms with Crippen molar-refractivity contribution in [3.8, 4) is 0 Å². The molecule has 0 radical (unpaired) electrons. The smallest absolute Gasteiger partial charge is 0.244 e. The quantitative estimate of drug-likeness (QED) is 0.533. The van der Waals surface area contributed by atoms with Gasteiger partial charge in [-0.2, -0.15) is 0 Å². The minimum absolute atomic E-state index is 0.0489. The Balaban J connectivity index is 1.52. The van der Waals surface area contributed by atoms with Gasteiger partial charge in [-0.05, 0) is 45.4 Å². The van der Waals surface area contributed by atoms with Crippen molar-refractivity contribution in [2.75, 3.05) is 24.5 Å². The highest BCUT2D eigenvalue weighted by atomic mass is 16.2.